The summed E-state index contributed by atoms with van der Waals surface area (Å²) in [5, 5.41) is 15.8. The molecule has 11 heteroatoms. The molecule has 36 heavy (non-hydrogen) atoms. The Labute approximate surface area is 217 Å². The van der Waals surface area contributed by atoms with Crippen molar-refractivity contribution >= 4 is 46.8 Å². The molecule has 0 unspecified atom stereocenters. The van der Waals surface area contributed by atoms with E-state index in [1.54, 1.807) is 49.6 Å². The molecule has 2 aromatic rings. The summed E-state index contributed by atoms with van der Waals surface area (Å²) in [5.74, 6) is -3.06. The number of thioether (sulfide) groups is 1. The van der Waals surface area contributed by atoms with Gasteiger partial charge in [-0.2, -0.15) is 5.26 Å². The Morgan fingerprint density at radius 1 is 1.19 bits per heavy atom. The van der Waals surface area contributed by atoms with E-state index in [1.165, 1.54) is 7.11 Å². The molecule has 1 heterocycles. The molecular formula is C25H24ClN3O6S. The van der Waals surface area contributed by atoms with Crippen molar-refractivity contribution in [3.05, 3.63) is 63.7 Å². The molecule has 0 saturated carbocycles. The van der Waals surface area contributed by atoms with E-state index in [-0.39, 0.29) is 27.3 Å². The molecule has 0 fully saturated rings. The average Bonchev–Trinajstić information content (AvgIpc) is 2.88. The Hall–Kier alpha value is -3.68. The lowest BCUT2D eigenvalue weighted by atomic mass is 9.78. The predicted molar refractivity (Wildman–Crippen MR) is 136 cm³/mol. The second-order valence-corrected chi connectivity index (χ2v) is 8.90. The van der Waals surface area contributed by atoms with Gasteiger partial charge in [0.2, 0.25) is 11.8 Å². The van der Waals surface area contributed by atoms with E-state index in [0.29, 0.717) is 29.4 Å². The number of halogens is 1. The maximum atomic E-state index is 13.0. The van der Waals surface area contributed by atoms with Gasteiger partial charge in [-0.3, -0.25) is 14.4 Å². The third-order valence-corrected chi connectivity index (χ3v) is 6.63. The van der Waals surface area contributed by atoms with E-state index < -0.39 is 23.7 Å². The molecule has 0 aliphatic carbocycles. The van der Waals surface area contributed by atoms with Crippen LogP contribution in [-0.2, 0) is 19.1 Å². The minimum absolute atomic E-state index is 0.0908. The summed E-state index contributed by atoms with van der Waals surface area (Å²) in [6, 6.07) is 13.7. The number of benzene rings is 2. The maximum Gasteiger partial charge on any atom is 0.319 e. The third kappa shape index (κ3) is 6.11. The van der Waals surface area contributed by atoms with Crippen LogP contribution in [0.3, 0.4) is 0 Å². The van der Waals surface area contributed by atoms with Gasteiger partial charge >= 0.3 is 5.97 Å². The summed E-state index contributed by atoms with van der Waals surface area (Å²) in [4.78, 5) is 38.0. The summed E-state index contributed by atoms with van der Waals surface area (Å²) in [7, 11) is 2.71. The van der Waals surface area contributed by atoms with Crippen LogP contribution in [0.15, 0.2) is 53.1 Å². The van der Waals surface area contributed by atoms with Crippen molar-refractivity contribution in [3.8, 4) is 17.6 Å². The number of amides is 2. The quantitative estimate of drug-likeness (QED) is 0.370. The fourth-order valence-electron chi connectivity index (χ4n) is 3.67. The molecule has 2 amide bonds. The first kappa shape index (κ1) is 26.9. The van der Waals surface area contributed by atoms with Gasteiger partial charge in [0, 0.05) is 11.6 Å². The topological polar surface area (TPSA) is 127 Å². The van der Waals surface area contributed by atoms with Crippen LogP contribution in [-0.4, -0.2) is 44.4 Å². The van der Waals surface area contributed by atoms with E-state index in [4.69, 9.17) is 25.8 Å². The molecule has 2 atom stereocenters. The van der Waals surface area contributed by atoms with Crippen molar-refractivity contribution in [1.29, 1.82) is 5.26 Å². The normalized spacial score (nSPS) is 17.0. The maximum absolute atomic E-state index is 13.0. The van der Waals surface area contributed by atoms with Gasteiger partial charge in [0.25, 0.3) is 0 Å². The molecular weight excluding hydrogens is 506 g/mol. The van der Waals surface area contributed by atoms with Crippen LogP contribution in [0.2, 0.25) is 5.02 Å². The van der Waals surface area contributed by atoms with Gasteiger partial charge in [-0.25, -0.2) is 0 Å². The third-order valence-electron chi connectivity index (χ3n) is 5.32. The van der Waals surface area contributed by atoms with Crippen LogP contribution in [0.25, 0.3) is 0 Å². The number of ether oxygens (including phenoxy) is 3. The number of carbonyl (C=O) groups is 3. The van der Waals surface area contributed by atoms with Gasteiger partial charge in [0.15, 0.2) is 0 Å². The van der Waals surface area contributed by atoms with Crippen molar-refractivity contribution in [1.82, 2.24) is 5.32 Å². The zero-order chi connectivity index (χ0) is 26.2. The number of hydrogen-bond acceptors (Lipinski definition) is 8. The number of rotatable bonds is 9. The fraction of sp³-hybridized carbons (Fsp3) is 0.280. The molecule has 2 aromatic carbocycles. The van der Waals surface area contributed by atoms with Crippen molar-refractivity contribution < 1.29 is 28.6 Å². The van der Waals surface area contributed by atoms with Crippen LogP contribution in [0.4, 0.5) is 5.69 Å². The zero-order valence-electron chi connectivity index (χ0n) is 19.8. The lowest BCUT2D eigenvalue weighted by Gasteiger charge is -2.31. The van der Waals surface area contributed by atoms with Crippen LogP contribution in [0.5, 0.6) is 11.5 Å². The molecule has 0 radical (unpaired) electrons. The number of nitrogens with one attached hydrogen (secondary N) is 2. The highest BCUT2D eigenvalue weighted by atomic mass is 35.5. The number of esters is 1. The Kier molecular flexibility index (Phi) is 9.22. The highest BCUT2D eigenvalue weighted by molar-refractivity contribution is 8.03. The van der Waals surface area contributed by atoms with Crippen molar-refractivity contribution in [2.45, 2.75) is 12.8 Å². The molecule has 0 saturated heterocycles. The fourth-order valence-corrected chi connectivity index (χ4v) is 4.76. The summed E-state index contributed by atoms with van der Waals surface area (Å²) in [6.07, 6.45) is 0. The predicted octanol–water partition coefficient (Wildman–Crippen LogP) is 3.86. The van der Waals surface area contributed by atoms with Crippen LogP contribution >= 0.6 is 23.4 Å². The Morgan fingerprint density at radius 2 is 1.92 bits per heavy atom. The minimum atomic E-state index is -1.31. The van der Waals surface area contributed by atoms with E-state index in [1.807, 2.05) is 6.92 Å². The summed E-state index contributed by atoms with van der Waals surface area (Å²) in [6.45, 7) is 2.21. The molecule has 188 valence electrons. The molecule has 3 rings (SSSR count). The smallest absolute Gasteiger partial charge is 0.319 e. The zero-order valence-corrected chi connectivity index (χ0v) is 21.4. The molecule has 2 N–H and O–H groups in total. The molecule has 0 spiro atoms. The van der Waals surface area contributed by atoms with Crippen molar-refractivity contribution in [2.24, 2.45) is 5.92 Å². The van der Waals surface area contributed by atoms with Crippen molar-refractivity contribution in [3.63, 3.8) is 0 Å². The van der Waals surface area contributed by atoms with Crippen LogP contribution < -0.4 is 20.1 Å². The molecule has 9 nitrogen and oxygen atoms in total. The SMILES string of the molecule is CCOc1ccc([C@@H]2C(C#N)=C(SCC(=O)Nc3ccc(OC)cc3)NC(=O)[C@@H]2C(=O)OC)cc1Cl. The average molecular weight is 530 g/mol. The van der Waals surface area contributed by atoms with E-state index >= 15 is 0 Å². The highest BCUT2D eigenvalue weighted by Crippen LogP contribution is 2.42. The van der Waals surface area contributed by atoms with Gasteiger partial charge in [-0.15, -0.1) is 0 Å². The molecule has 0 aromatic heterocycles. The van der Waals surface area contributed by atoms with Gasteiger partial charge < -0.3 is 24.8 Å². The largest absolute Gasteiger partial charge is 0.497 e. The van der Waals surface area contributed by atoms with Gasteiger partial charge in [-0.1, -0.05) is 29.4 Å². The number of anilines is 1. The minimum Gasteiger partial charge on any atom is -0.497 e. The lowest BCUT2D eigenvalue weighted by molar-refractivity contribution is -0.150. The first-order valence-corrected chi connectivity index (χ1v) is 12.2. The number of methoxy groups -OCH3 is 2. The number of carbonyl (C=O) groups excluding carboxylic acids is 3. The monoisotopic (exact) mass is 529 g/mol. The molecule has 1 aliphatic rings. The van der Waals surface area contributed by atoms with Crippen LogP contribution in [0.1, 0.15) is 18.4 Å². The standard InChI is InChI=1S/C25H24ClN3O6S/c1-4-35-19-10-5-14(11-18(19)26)21-17(12-27)24(29-23(31)22(21)25(32)34-3)36-13-20(30)28-15-6-8-16(33-2)9-7-15/h5-11,21-22H,4,13H2,1-3H3,(H,28,30)(H,29,31)/t21-,22-/m1/s1. The second-order valence-electron chi connectivity index (χ2n) is 7.51. The van der Waals surface area contributed by atoms with E-state index in [0.717, 1.165) is 11.8 Å². The highest BCUT2D eigenvalue weighted by Gasteiger charge is 2.44. The van der Waals surface area contributed by atoms with E-state index in [2.05, 4.69) is 16.7 Å². The summed E-state index contributed by atoms with van der Waals surface area (Å²) in [5.41, 5.74) is 1.15. The Balaban J connectivity index is 1.89. The lowest BCUT2D eigenvalue weighted by Crippen LogP contribution is -2.44. The second kappa shape index (κ2) is 12.3. The number of allylic oxidation sites excluding steroid dienone is 1. The van der Waals surface area contributed by atoms with Crippen LogP contribution in [0, 0.1) is 17.2 Å². The van der Waals surface area contributed by atoms with Gasteiger partial charge in [0.05, 0.1) is 48.3 Å². The Morgan fingerprint density at radius 3 is 2.50 bits per heavy atom. The first-order valence-electron chi connectivity index (χ1n) is 10.8. The van der Waals surface area contributed by atoms with Gasteiger partial charge in [0.1, 0.15) is 17.4 Å². The van der Waals surface area contributed by atoms with Crippen molar-refractivity contribution in [2.75, 3.05) is 31.9 Å². The number of nitrogens with zero attached hydrogens (tertiary/aromatic N) is 1. The van der Waals surface area contributed by atoms with Gasteiger partial charge in [-0.05, 0) is 48.9 Å². The molecule has 1 aliphatic heterocycles. The Bertz CT molecular complexity index is 1230. The number of hydrogen-bond donors (Lipinski definition) is 2. The first-order chi connectivity index (χ1) is 17.3. The molecule has 0 bridgehead atoms. The van der Waals surface area contributed by atoms with E-state index in [9.17, 15) is 19.6 Å². The summed E-state index contributed by atoms with van der Waals surface area (Å²) >= 11 is 7.33. The summed E-state index contributed by atoms with van der Waals surface area (Å²) < 4.78 is 15.4. The number of nitriles is 1.